The molecular weight excluding hydrogens is 174 g/mol. The summed E-state index contributed by atoms with van der Waals surface area (Å²) in [5.41, 5.74) is 1.34. The molecule has 3 nitrogen and oxygen atoms in total. The van der Waals surface area contributed by atoms with Crippen molar-refractivity contribution < 1.29 is 0 Å². The molecule has 1 N–H and O–H groups in total. The van der Waals surface area contributed by atoms with Gasteiger partial charge in [-0.3, -0.25) is 0 Å². The Kier molecular flexibility index (Phi) is 2.40. The van der Waals surface area contributed by atoms with E-state index in [1.807, 2.05) is 19.2 Å². The van der Waals surface area contributed by atoms with Gasteiger partial charge < -0.3 is 5.32 Å². The van der Waals surface area contributed by atoms with Gasteiger partial charge in [0.05, 0.1) is 0 Å². The molecule has 1 saturated carbocycles. The second-order valence-electron chi connectivity index (χ2n) is 4.18. The molecule has 0 amide bonds. The first kappa shape index (κ1) is 9.44. The van der Waals surface area contributed by atoms with Gasteiger partial charge in [0, 0.05) is 17.4 Å². The average Bonchev–Trinajstić information content (AvgIpc) is 2.85. The normalized spacial score (nSPS) is 17.9. The van der Waals surface area contributed by atoms with Crippen molar-refractivity contribution in [3.63, 3.8) is 0 Å². The lowest BCUT2D eigenvalue weighted by atomic mass is 10.1. The molecule has 14 heavy (non-hydrogen) atoms. The van der Waals surface area contributed by atoms with Gasteiger partial charge in [0.25, 0.3) is 0 Å². The van der Waals surface area contributed by atoms with Crippen LogP contribution < -0.4 is 5.32 Å². The van der Waals surface area contributed by atoms with E-state index in [2.05, 4.69) is 22.2 Å². The molecule has 1 aliphatic carbocycles. The van der Waals surface area contributed by atoms with Crippen LogP contribution >= 0.6 is 0 Å². The fourth-order valence-corrected chi connectivity index (χ4v) is 1.81. The van der Waals surface area contributed by atoms with E-state index in [1.165, 1.54) is 25.7 Å². The summed E-state index contributed by atoms with van der Waals surface area (Å²) < 4.78 is 0. The molecule has 2 rings (SSSR count). The molecule has 0 bridgehead atoms. The van der Waals surface area contributed by atoms with Crippen LogP contribution in [-0.4, -0.2) is 15.5 Å². The summed E-state index contributed by atoms with van der Waals surface area (Å²) in [6.45, 7) is 4.21. The molecule has 76 valence electrons. The molecule has 0 saturated heterocycles. The maximum absolute atomic E-state index is 4.36. The molecule has 0 atom stereocenters. The molecule has 3 heteroatoms. The van der Waals surface area contributed by atoms with Crippen LogP contribution in [-0.2, 0) is 0 Å². The number of hydrogen-bond acceptors (Lipinski definition) is 3. The molecule has 0 radical (unpaired) electrons. The molecule has 1 fully saturated rings. The first-order valence-corrected chi connectivity index (χ1v) is 5.32. The fraction of sp³-hybridized carbons (Fsp3) is 0.636. The SMILES string of the molecule is CCCC1(Nc2nccc(C)n2)CC1. The van der Waals surface area contributed by atoms with Crippen LogP contribution in [0.5, 0.6) is 0 Å². The van der Waals surface area contributed by atoms with Crippen LogP contribution in [0.25, 0.3) is 0 Å². The van der Waals surface area contributed by atoms with E-state index in [9.17, 15) is 0 Å². The largest absolute Gasteiger partial charge is 0.349 e. The third-order valence-corrected chi connectivity index (χ3v) is 2.75. The van der Waals surface area contributed by atoms with Gasteiger partial charge in [-0.2, -0.15) is 0 Å². The topological polar surface area (TPSA) is 37.8 Å². The first-order valence-electron chi connectivity index (χ1n) is 5.32. The van der Waals surface area contributed by atoms with Crippen LogP contribution in [0.15, 0.2) is 12.3 Å². The summed E-state index contributed by atoms with van der Waals surface area (Å²) in [5, 5.41) is 3.45. The molecule has 1 aromatic heterocycles. The van der Waals surface area contributed by atoms with Gasteiger partial charge in [-0.25, -0.2) is 9.97 Å². The van der Waals surface area contributed by atoms with Crippen molar-refractivity contribution in [2.24, 2.45) is 0 Å². The minimum Gasteiger partial charge on any atom is -0.349 e. The van der Waals surface area contributed by atoms with Crippen LogP contribution in [0, 0.1) is 6.92 Å². The van der Waals surface area contributed by atoms with Gasteiger partial charge >= 0.3 is 0 Å². The second kappa shape index (κ2) is 3.56. The van der Waals surface area contributed by atoms with E-state index < -0.39 is 0 Å². The Hall–Kier alpha value is -1.12. The van der Waals surface area contributed by atoms with E-state index in [0.717, 1.165) is 11.6 Å². The molecule has 1 aliphatic rings. The lowest BCUT2D eigenvalue weighted by molar-refractivity contribution is 0.632. The van der Waals surface area contributed by atoms with Crippen molar-refractivity contribution in [1.29, 1.82) is 0 Å². The summed E-state index contributed by atoms with van der Waals surface area (Å²) in [6, 6.07) is 1.92. The number of nitrogens with zero attached hydrogens (tertiary/aromatic N) is 2. The summed E-state index contributed by atoms with van der Waals surface area (Å²) in [5.74, 6) is 0.788. The summed E-state index contributed by atoms with van der Waals surface area (Å²) >= 11 is 0. The van der Waals surface area contributed by atoms with Crippen molar-refractivity contribution in [3.05, 3.63) is 18.0 Å². The van der Waals surface area contributed by atoms with Crippen LogP contribution in [0.4, 0.5) is 5.95 Å². The molecule has 1 aromatic rings. The minimum absolute atomic E-state index is 0.322. The monoisotopic (exact) mass is 191 g/mol. The second-order valence-corrected chi connectivity index (χ2v) is 4.18. The highest BCUT2D eigenvalue weighted by atomic mass is 15.2. The summed E-state index contributed by atoms with van der Waals surface area (Å²) in [6.07, 6.45) is 6.78. The smallest absolute Gasteiger partial charge is 0.223 e. The van der Waals surface area contributed by atoms with Crippen molar-refractivity contribution >= 4 is 5.95 Å². The van der Waals surface area contributed by atoms with E-state index in [0.29, 0.717) is 5.54 Å². The quantitative estimate of drug-likeness (QED) is 0.794. The Morgan fingerprint density at radius 1 is 1.50 bits per heavy atom. The predicted molar refractivity (Wildman–Crippen MR) is 57.3 cm³/mol. The van der Waals surface area contributed by atoms with Gasteiger partial charge in [0.1, 0.15) is 0 Å². The highest BCUT2D eigenvalue weighted by Crippen LogP contribution is 2.42. The van der Waals surface area contributed by atoms with Gasteiger partial charge in [-0.1, -0.05) is 13.3 Å². The number of hydrogen-bond donors (Lipinski definition) is 1. The van der Waals surface area contributed by atoms with Gasteiger partial charge in [0.2, 0.25) is 5.95 Å². The Morgan fingerprint density at radius 3 is 2.86 bits per heavy atom. The number of nitrogens with one attached hydrogen (secondary N) is 1. The molecular formula is C11H17N3. The van der Waals surface area contributed by atoms with E-state index in [1.54, 1.807) is 0 Å². The zero-order valence-electron chi connectivity index (χ0n) is 8.88. The van der Waals surface area contributed by atoms with Crippen molar-refractivity contribution in [3.8, 4) is 0 Å². The third-order valence-electron chi connectivity index (χ3n) is 2.75. The van der Waals surface area contributed by atoms with Crippen molar-refractivity contribution in [1.82, 2.24) is 9.97 Å². The maximum atomic E-state index is 4.36. The van der Waals surface area contributed by atoms with E-state index in [4.69, 9.17) is 0 Å². The molecule has 0 unspecified atom stereocenters. The lowest BCUT2D eigenvalue weighted by Crippen LogP contribution is -2.22. The Labute approximate surface area is 85.0 Å². The summed E-state index contributed by atoms with van der Waals surface area (Å²) in [7, 11) is 0. The Morgan fingerprint density at radius 2 is 2.29 bits per heavy atom. The summed E-state index contributed by atoms with van der Waals surface area (Å²) in [4.78, 5) is 8.58. The van der Waals surface area contributed by atoms with E-state index in [-0.39, 0.29) is 0 Å². The highest BCUT2D eigenvalue weighted by Gasteiger charge is 2.42. The standard InChI is InChI=1S/C11H17N3/c1-3-5-11(6-7-11)14-10-12-8-4-9(2)13-10/h4,8H,3,5-7H2,1-2H3,(H,12,13,14). The predicted octanol–water partition coefficient (Wildman–Crippen LogP) is 2.53. The number of anilines is 1. The minimum atomic E-state index is 0.322. The van der Waals surface area contributed by atoms with E-state index >= 15 is 0 Å². The molecule has 0 spiro atoms. The van der Waals surface area contributed by atoms with Crippen LogP contribution in [0.3, 0.4) is 0 Å². The third kappa shape index (κ3) is 2.03. The van der Waals surface area contributed by atoms with Gasteiger partial charge in [0.15, 0.2) is 0 Å². The Balaban J connectivity index is 2.03. The first-order chi connectivity index (χ1) is 6.74. The molecule has 1 heterocycles. The zero-order valence-corrected chi connectivity index (χ0v) is 8.88. The molecule has 0 aliphatic heterocycles. The van der Waals surface area contributed by atoms with Gasteiger partial charge in [-0.15, -0.1) is 0 Å². The average molecular weight is 191 g/mol. The highest BCUT2D eigenvalue weighted by molar-refractivity contribution is 5.33. The van der Waals surface area contributed by atoms with Crippen molar-refractivity contribution in [2.45, 2.75) is 45.1 Å². The lowest BCUT2D eigenvalue weighted by Gasteiger charge is -2.16. The van der Waals surface area contributed by atoms with Crippen molar-refractivity contribution in [2.75, 3.05) is 5.32 Å². The zero-order chi connectivity index (χ0) is 10.0. The van der Waals surface area contributed by atoms with Gasteiger partial charge in [-0.05, 0) is 32.3 Å². The maximum Gasteiger partial charge on any atom is 0.223 e. The number of aryl methyl sites for hydroxylation is 1. The van der Waals surface area contributed by atoms with Crippen LogP contribution in [0.2, 0.25) is 0 Å². The fourth-order valence-electron chi connectivity index (χ4n) is 1.81. The molecule has 0 aromatic carbocycles. The number of rotatable bonds is 4. The number of aromatic nitrogens is 2. The Bertz CT molecular complexity index is 318. The van der Waals surface area contributed by atoms with Crippen LogP contribution in [0.1, 0.15) is 38.3 Å².